The van der Waals surface area contributed by atoms with E-state index < -0.39 is 9.04 Å². The second-order valence-electron chi connectivity index (χ2n) is 2.79. The molecule has 0 fully saturated rings. The number of hydrogen-bond acceptors (Lipinski definition) is 1. The Kier molecular flexibility index (Phi) is 3.77. The molecule has 0 spiro atoms. The lowest BCUT2D eigenvalue weighted by molar-refractivity contribution is 0.583. The molecule has 0 heterocycles. The number of allylic oxidation sites excluding steroid dienone is 1. The van der Waals surface area contributed by atoms with Crippen molar-refractivity contribution in [2.24, 2.45) is 0 Å². The zero-order chi connectivity index (χ0) is 8.81. The summed E-state index contributed by atoms with van der Waals surface area (Å²) in [5.41, 5.74) is 0. The minimum atomic E-state index is -1.65. The lowest BCUT2D eigenvalue weighted by Gasteiger charge is -2.05. The second-order valence-corrected chi connectivity index (χ2v) is 5.07. The van der Waals surface area contributed by atoms with Gasteiger partial charge >= 0.3 is 0 Å². The first-order valence-electron chi connectivity index (χ1n) is 4.18. The van der Waals surface area contributed by atoms with Gasteiger partial charge in [-0.1, -0.05) is 36.4 Å². The van der Waals surface area contributed by atoms with E-state index in [1.807, 2.05) is 36.4 Å². The predicted molar refractivity (Wildman–Crippen MR) is 55.1 cm³/mol. The molecule has 1 nitrogen and oxygen atoms in total. The van der Waals surface area contributed by atoms with E-state index in [0.717, 1.165) is 17.7 Å². The summed E-state index contributed by atoms with van der Waals surface area (Å²) in [4.78, 5) is 9.74. The van der Waals surface area contributed by atoms with Crippen LogP contribution in [0.25, 0.3) is 0 Å². The van der Waals surface area contributed by atoms with Crippen LogP contribution in [-0.4, -0.2) is 13.8 Å². The average molecular weight is 178 g/mol. The van der Waals surface area contributed by atoms with Crippen molar-refractivity contribution >= 4 is 14.2 Å². The molecule has 1 aromatic carbocycles. The van der Waals surface area contributed by atoms with Crippen molar-refractivity contribution in [2.75, 3.05) is 0 Å². The van der Waals surface area contributed by atoms with Gasteiger partial charge in [-0.3, -0.25) is 0 Å². The highest BCUT2D eigenvalue weighted by Gasteiger charge is 2.07. The molecule has 1 rings (SSSR count). The third-order valence-electron chi connectivity index (χ3n) is 1.83. The molecule has 64 valence electrons. The van der Waals surface area contributed by atoms with Gasteiger partial charge in [0.1, 0.15) is 0 Å². The SMILES string of the molecule is C=CCC[SiH](O)c1ccccc1. The Hall–Kier alpha value is -0.863. The lowest BCUT2D eigenvalue weighted by atomic mass is 10.4. The van der Waals surface area contributed by atoms with Crippen LogP contribution in [0.15, 0.2) is 43.0 Å². The molecule has 1 aromatic rings. The molecule has 0 bridgehead atoms. The second kappa shape index (κ2) is 4.90. The summed E-state index contributed by atoms with van der Waals surface area (Å²) in [6.07, 6.45) is 2.78. The highest BCUT2D eigenvalue weighted by molar-refractivity contribution is 6.66. The van der Waals surface area contributed by atoms with E-state index in [2.05, 4.69) is 6.58 Å². The normalized spacial score (nSPS) is 12.4. The topological polar surface area (TPSA) is 20.2 Å². The maximum absolute atomic E-state index is 9.74. The smallest absolute Gasteiger partial charge is 0.204 e. The third-order valence-corrected chi connectivity index (χ3v) is 3.86. The van der Waals surface area contributed by atoms with Gasteiger partial charge < -0.3 is 4.80 Å². The van der Waals surface area contributed by atoms with E-state index in [1.165, 1.54) is 0 Å². The Labute approximate surface area is 75.1 Å². The fraction of sp³-hybridized carbons (Fsp3) is 0.200. The molecule has 12 heavy (non-hydrogen) atoms. The first-order chi connectivity index (χ1) is 5.84. The van der Waals surface area contributed by atoms with Crippen LogP contribution in [0.3, 0.4) is 0 Å². The molecule has 0 aromatic heterocycles. The van der Waals surface area contributed by atoms with Crippen molar-refractivity contribution in [3.63, 3.8) is 0 Å². The standard InChI is InChI=1S/C10H14OSi/c1-2-3-9-12(11)10-7-5-4-6-8-10/h2,4-8,11-12H,1,3,9H2. The van der Waals surface area contributed by atoms with Gasteiger partial charge in [0.15, 0.2) is 0 Å². The minimum absolute atomic E-state index is 0.896. The maximum Gasteiger partial charge on any atom is 0.204 e. The van der Waals surface area contributed by atoms with Crippen molar-refractivity contribution in [3.05, 3.63) is 43.0 Å². The molecule has 1 atom stereocenters. The van der Waals surface area contributed by atoms with Gasteiger partial charge in [0.25, 0.3) is 0 Å². The third kappa shape index (κ3) is 2.64. The quantitative estimate of drug-likeness (QED) is 0.542. The van der Waals surface area contributed by atoms with E-state index in [-0.39, 0.29) is 0 Å². The molecule has 0 saturated carbocycles. The average Bonchev–Trinajstić information content (AvgIpc) is 2.15. The Morgan fingerprint density at radius 3 is 2.58 bits per heavy atom. The van der Waals surface area contributed by atoms with Crippen LogP contribution in [0.2, 0.25) is 6.04 Å². The van der Waals surface area contributed by atoms with E-state index in [0.29, 0.717) is 0 Å². The molecule has 0 aliphatic heterocycles. The molecule has 1 unspecified atom stereocenters. The van der Waals surface area contributed by atoms with E-state index >= 15 is 0 Å². The van der Waals surface area contributed by atoms with Crippen molar-refractivity contribution in [1.82, 2.24) is 0 Å². The summed E-state index contributed by atoms with van der Waals surface area (Å²) >= 11 is 0. The number of benzene rings is 1. The van der Waals surface area contributed by atoms with Gasteiger partial charge in [-0.05, 0) is 17.7 Å². The monoisotopic (exact) mass is 178 g/mol. The first-order valence-corrected chi connectivity index (χ1v) is 6.09. The highest BCUT2D eigenvalue weighted by Crippen LogP contribution is 1.96. The van der Waals surface area contributed by atoms with E-state index in [1.54, 1.807) is 0 Å². The highest BCUT2D eigenvalue weighted by atomic mass is 28.3. The largest absolute Gasteiger partial charge is 0.430 e. The molecule has 2 heteroatoms. The molecule has 0 amide bonds. The minimum Gasteiger partial charge on any atom is -0.430 e. The molecule has 1 N–H and O–H groups in total. The van der Waals surface area contributed by atoms with Gasteiger partial charge in [-0.15, -0.1) is 6.58 Å². The van der Waals surface area contributed by atoms with Crippen LogP contribution in [-0.2, 0) is 0 Å². The molecule has 0 aliphatic carbocycles. The van der Waals surface area contributed by atoms with Crippen LogP contribution in [0, 0.1) is 0 Å². The lowest BCUT2D eigenvalue weighted by Crippen LogP contribution is -2.29. The van der Waals surface area contributed by atoms with E-state index in [9.17, 15) is 4.80 Å². The fourth-order valence-electron chi connectivity index (χ4n) is 1.12. The van der Waals surface area contributed by atoms with Crippen LogP contribution < -0.4 is 5.19 Å². The first kappa shape index (κ1) is 9.23. The summed E-state index contributed by atoms with van der Waals surface area (Å²) in [5.74, 6) is 0. The summed E-state index contributed by atoms with van der Waals surface area (Å²) in [6, 6.07) is 10.8. The van der Waals surface area contributed by atoms with Gasteiger partial charge in [-0.25, -0.2) is 0 Å². The molecule has 0 aliphatic rings. The van der Waals surface area contributed by atoms with Crippen molar-refractivity contribution < 1.29 is 4.80 Å². The van der Waals surface area contributed by atoms with Crippen molar-refractivity contribution in [2.45, 2.75) is 12.5 Å². The Bertz CT molecular complexity index is 233. The van der Waals surface area contributed by atoms with Crippen molar-refractivity contribution in [3.8, 4) is 0 Å². The number of rotatable bonds is 4. The number of hydrogen-bond donors (Lipinski definition) is 1. The summed E-state index contributed by atoms with van der Waals surface area (Å²) in [5, 5.41) is 1.12. The molecular weight excluding hydrogens is 164 g/mol. The van der Waals surface area contributed by atoms with Gasteiger partial charge in [0.2, 0.25) is 9.04 Å². The summed E-state index contributed by atoms with van der Waals surface area (Å²) in [7, 11) is -1.65. The maximum atomic E-state index is 9.74. The van der Waals surface area contributed by atoms with E-state index in [4.69, 9.17) is 0 Å². The summed E-state index contributed by atoms with van der Waals surface area (Å²) < 4.78 is 0. The zero-order valence-corrected chi connectivity index (χ0v) is 8.26. The Morgan fingerprint density at radius 2 is 2.00 bits per heavy atom. The van der Waals surface area contributed by atoms with Crippen LogP contribution >= 0.6 is 0 Å². The van der Waals surface area contributed by atoms with Gasteiger partial charge in [0, 0.05) is 0 Å². The Balaban J connectivity index is 2.53. The molecular formula is C10H14OSi. The zero-order valence-electron chi connectivity index (χ0n) is 7.11. The summed E-state index contributed by atoms with van der Waals surface area (Å²) in [6.45, 7) is 3.64. The molecule has 0 saturated heterocycles. The Morgan fingerprint density at radius 1 is 1.33 bits per heavy atom. The van der Waals surface area contributed by atoms with Gasteiger partial charge in [-0.2, -0.15) is 0 Å². The van der Waals surface area contributed by atoms with Gasteiger partial charge in [0.05, 0.1) is 0 Å². The predicted octanol–water partition coefficient (Wildman–Crippen LogP) is 1.19. The van der Waals surface area contributed by atoms with Crippen molar-refractivity contribution in [1.29, 1.82) is 0 Å². The fourth-order valence-corrected chi connectivity index (χ4v) is 2.67. The van der Waals surface area contributed by atoms with Crippen LogP contribution in [0.5, 0.6) is 0 Å². The van der Waals surface area contributed by atoms with Crippen LogP contribution in [0.4, 0.5) is 0 Å². The molecule has 0 radical (unpaired) electrons. The van der Waals surface area contributed by atoms with Crippen LogP contribution in [0.1, 0.15) is 6.42 Å².